The van der Waals surface area contributed by atoms with Crippen LogP contribution in [0.15, 0.2) is 93.0 Å². The van der Waals surface area contributed by atoms with Crippen molar-refractivity contribution in [2.24, 2.45) is 0 Å². The summed E-state index contributed by atoms with van der Waals surface area (Å²) in [6, 6.07) is 22.8. The molecule has 3 aromatic carbocycles. The summed E-state index contributed by atoms with van der Waals surface area (Å²) >= 11 is 2.97. The summed E-state index contributed by atoms with van der Waals surface area (Å²) in [5.74, 6) is -0.324. The van der Waals surface area contributed by atoms with Gasteiger partial charge in [-0.25, -0.2) is 17.8 Å². The average molecular weight is 442 g/mol. The van der Waals surface area contributed by atoms with Gasteiger partial charge in [-0.15, -0.1) is 11.3 Å². The van der Waals surface area contributed by atoms with Crippen LogP contribution in [0.4, 0.5) is 4.39 Å². The van der Waals surface area contributed by atoms with Gasteiger partial charge in [-0.3, -0.25) is 0 Å². The first kappa shape index (κ1) is 19.8. The fourth-order valence-corrected chi connectivity index (χ4v) is 5.94. The molecule has 1 aromatic heterocycles. The van der Waals surface area contributed by atoms with Gasteiger partial charge in [-0.05, 0) is 35.9 Å². The van der Waals surface area contributed by atoms with Crippen LogP contribution >= 0.6 is 23.1 Å². The van der Waals surface area contributed by atoms with Crippen LogP contribution in [0.1, 0.15) is 0 Å². The zero-order valence-corrected chi connectivity index (χ0v) is 17.8. The van der Waals surface area contributed by atoms with Gasteiger partial charge >= 0.3 is 0 Å². The lowest BCUT2D eigenvalue weighted by Crippen LogP contribution is -2.00. The van der Waals surface area contributed by atoms with Crippen molar-refractivity contribution in [3.05, 3.63) is 84.7 Å². The second-order valence-corrected chi connectivity index (χ2v) is 10.7. The summed E-state index contributed by atoms with van der Waals surface area (Å²) in [6.45, 7) is 0. The standard InChI is InChI=1S/C22H16FNO2S3/c1-29(25,26)19-10-6-5-9-18(19)20-21(15-11-13-16(23)14-12-15)28-22(24-20)27-17-7-3-2-4-8-17/h2-14H,1H3. The number of thiazole rings is 1. The van der Waals surface area contributed by atoms with Gasteiger partial charge in [-0.2, -0.15) is 0 Å². The van der Waals surface area contributed by atoms with Crippen molar-refractivity contribution in [1.82, 2.24) is 4.98 Å². The Bertz CT molecular complexity index is 1250. The van der Waals surface area contributed by atoms with E-state index in [1.54, 1.807) is 36.4 Å². The van der Waals surface area contributed by atoms with Crippen molar-refractivity contribution in [2.75, 3.05) is 6.26 Å². The molecular formula is C22H16FNO2S3. The van der Waals surface area contributed by atoms with Crippen molar-refractivity contribution in [1.29, 1.82) is 0 Å². The van der Waals surface area contributed by atoms with Gasteiger partial charge in [0.1, 0.15) is 5.82 Å². The summed E-state index contributed by atoms with van der Waals surface area (Å²) in [6.07, 6.45) is 1.19. The molecule has 3 nitrogen and oxygen atoms in total. The van der Waals surface area contributed by atoms with Crippen LogP contribution in [0.3, 0.4) is 0 Å². The molecule has 0 radical (unpaired) electrons. The quantitative estimate of drug-likeness (QED) is 0.371. The Morgan fingerprint density at radius 1 is 0.897 bits per heavy atom. The normalized spacial score (nSPS) is 11.5. The molecule has 0 fully saturated rings. The fourth-order valence-electron chi connectivity index (χ4n) is 2.90. The van der Waals surface area contributed by atoms with Gasteiger partial charge in [0.2, 0.25) is 0 Å². The third-order valence-electron chi connectivity index (χ3n) is 4.20. The number of halogens is 1. The molecule has 0 aliphatic rings. The number of benzene rings is 3. The maximum atomic E-state index is 13.4. The van der Waals surface area contributed by atoms with E-state index in [-0.39, 0.29) is 10.7 Å². The smallest absolute Gasteiger partial charge is 0.176 e. The van der Waals surface area contributed by atoms with E-state index in [2.05, 4.69) is 0 Å². The van der Waals surface area contributed by atoms with Gasteiger partial charge in [0, 0.05) is 16.7 Å². The van der Waals surface area contributed by atoms with Gasteiger partial charge in [-0.1, -0.05) is 60.3 Å². The molecule has 0 bridgehead atoms. The minimum atomic E-state index is -3.44. The summed E-state index contributed by atoms with van der Waals surface area (Å²) in [5.41, 5.74) is 1.92. The summed E-state index contributed by atoms with van der Waals surface area (Å²) < 4.78 is 38.9. The van der Waals surface area contributed by atoms with Crippen LogP contribution in [0.25, 0.3) is 21.7 Å². The molecule has 1 heterocycles. The molecular weight excluding hydrogens is 425 g/mol. The molecule has 0 saturated heterocycles. The zero-order chi connectivity index (χ0) is 20.4. The average Bonchev–Trinajstić information content (AvgIpc) is 3.12. The van der Waals surface area contributed by atoms with Crippen molar-refractivity contribution in [3.63, 3.8) is 0 Å². The van der Waals surface area contributed by atoms with E-state index in [4.69, 9.17) is 4.98 Å². The fraction of sp³-hybridized carbons (Fsp3) is 0.0455. The van der Waals surface area contributed by atoms with Crippen molar-refractivity contribution in [2.45, 2.75) is 14.1 Å². The Morgan fingerprint density at radius 3 is 2.24 bits per heavy atom. The Hall–Kier alpha value is -2.48. The van der Waals surface area contributed by atoms with E-state index >= 15 is 0 Å². The molecule has 0 N–H and O–H groups in total. The summed E-state index contributed by atoms with van der Waals surface area (Å²) in [7, 11) is -3.44. The number of rotatable bonds is 5. The monoisotopic (exact) mass is 441 g/mol. The lowest BCUT2D eigenvalue weighted by atomic mass is 10.1. The SMILES string of the molecule is CS(=O)(=O)c1ccccc1-c1nc(Sc2ccccc2)sc1-c1ccc(F)cc1. The van der Waals surface area contributed by atoms with E-state index in [0.717, 1.165) is 19.7 Å². The second kappa shape index (κ2) is 8.10. The molecule has 0 spiro atoms. The van der Waals surface area contributed by atoms with E-state index in [9.17, 15) is 12.8 Å². The van der Waals surface area contributed by atoms with E-state index in [1.165, 1.54) is 41.5 Å². The van der Waals surface area contributed by atoms with Gasteiger partial charge in [0.15, 0.2) is 14.2 Å². The first-order valence-electron chi connectivity index (χ1n) is 8.71. The topological polar surface area (TPSA) is 47.0 Å². The molecule has 0 saturated carbocycles. The molecule has 0 unspecified atom stereocenters. The van der Waals surface area contributed by atoms with Gasteiger partial charge < -0.3 is 0 Å². The van der Waals surface area contributed by atoms with Crippen molar-refractivity contribution in [3.8, 4) is 21.7 Å². The molecule has 0 aliphatic heterocycles. The molecule has 146 valence electrons. The number of hydrogen-bond donors (Lipinski definition) is 0. The lowest BCUT2D eigenvalue weighted by molar-refractivity contribution is 0.602. The van der Waals surface area contributed by atoms with Crippen molar-refractivity contribution >= 4 is 32.9 Å². The predicted octanol–water partition coefficient (Wildman–Crippen LogP) is 6.17. The Morgan fingerprint density at radius 2 is 1.55 bits per heavy atom. The number of nitrogens with zero attached hydrogens (tertiary/aromatic N) is 1. The highest BCUT2D eigenvalue weighted by Gasteiger charge is 2.21. The highest BCUT2D eigenvalue weighted by atomic mass is 32.2. The number of hydrogen-bond acceptors (Lipinski definition) is 5. The Labute approximate surface area is 177 Å². The van der Waals surface area contributed by atoms with Crippen LogP contribution < -0.4 is 0 Å². The number of sulfone groups is 1. The van der Waals surface area contributed by atoms with E-state index < -0.39 is 9.84 Å². The molecule has 0 atom stereocenters. The minimum absolute atomic E-state index is 0.227. The highest BCUT2D eigenvalue weighted by molar-refractivity contribution is 8.01. The first-order valence-corrected chi connectivity index (χ1v) is 12.2. The molecule has 0 aliphatic carbocycles. The maximum Gasteiger partial charge on any atom is 0.176 e. The minimum Gasteiger partial charge on any atom is -0.229 e. The Kier molecular flexibility index (Phi) is 5.54. The molecule has 4 aromatic rings. The molecule has 7 heteroatoms. The zero-order valence-electron chi connectivity index (χ0n) is 15.4. The van der Waals surface area contributed by atoms with Crippen LogP contribution in [-0.4, -0.2) is 19.7 Å². The summed E-state index contributed by atoms with van der Waals surface area (Å²) in [5, 5.41) is 0. The lowest BCUT2D eigenvalue weighted by Gasteiger charge is -2.08. The third-order valence-corrected chi connectivity index (χ3v) is 7.53. The van der Waals surface area contributed by atoms with E-state index in [0.29, 0.717) is 11.3 Å². The summed E-state index contributed by atoms with van der Waals surface area (Å²) in [4.78, 5) is 6.84. The van der Waals surface area contributed by atoms with Crippen LogP contribution in [0.5, 0.6) is 0 Å². The van der Waals surface area contributed by atoms with Gasteiger partial charge in [0.05, 0.1) is 15.5 Å². The van der Waals surface area contributed by atoms with Crippen LogP contribution in [0, 0.1) is 5.82 Å². The van der Waals surface area contributed by atoms with E-state index in [1.807, 2.05) is 30.3 Å². The number of aromatic nitrogens is 1. The second-order valence-electron chi connectivity index (χ2n) is 6.35. The predicted molar refractivity (Wildman–Crippen MR) is 117 cm³/mol. The Balaban J connectivity index is 1.89. The van der Waals surface area contributed by atoms with Gasteiger partial charge in [0.25, 0.3) is 0 Å². The highest BCUT2D eigenvalue weighted by Crippen LogP contribution is 2.43. The maximum absolute atomic E-state index is 13.4. The third kappa shape index (κ3) is 4.42. The van der Waals surface area contributed by atoms with Crippen LogP contribution in [0.2, 0.25) is 0 Å². The molecule has 0 amide bonds. The van der Waals surface area contributed by atoms with Crippen LogP contribution in [-0.2, 0) is 9.84 Å². The first-order chi connectivity index (χ1) is 13.9. The molecule has 29 heavy (non-hydrogen) atoms. The molecule has 4 rings (SSSR count). The van der Waals surface area contributed by atoms with Crippen molar-refractivity contribution < 1.29 is 12.8 Å². The largest absolute Gasteiger partial charge is 0.229 e.